The number of aryl methyl sites for hydroxylation is 2. The molecule has 1 aliphatic rings. The zero-order chi connectivity index (χ0) is 11.7. The highest BCUT2D eigenvalue weighted by Crippen LogP contribution is 2.31. The maximum Gasteiger partial charge on any atom is 0.0738 e. The molecule has 1 fully saturated rings. The van der Waals surface area contributed by atoms with E-state index in [0.29, 0.717) is 11.4 Å². The Morgan fingerprint density at radius 1 is 1.62 bits per heavy atom. The second kappa shape index (κ2) is 5.10. The molecule has 1 saturated heterocycles. The molecule has 2 rings (SSSR count). The summed E-state index contributed by atoms with van der Waals surface area (Å²) in [7, 11) is 2.00. The Hall–Kier alpha value is -0.0000000000000000555. The van der Waals surface area contributed by atoms with Crippen LogP contribution in [0.25, 0.3) is 0 Å². The summed E-state index contributed by atoms with van der Waals surface area (Å²) in [6.07, 6.45) is 1.55. The Morgan fingerprint density at radius 3 is 2.88 bits per heavy atom. The molecule has 3 nitrogen and oxygen atoms in total. The van der Waals surface area contributed by atoms with E-state index in [1.54, 1.807) is 0 Å². The van der Waals surface area contributed by atoms with Gasteiger partial charge in [-0.1, -0.05) is 0 Å². The molecule has 0 N–H and O–H groups in total. The largest absolute Gasteiger partial charge is 0.377 e. The summed E-state index contributed by atoms with van der Waals surface area (Å²) in [5.41, 5.74) is 2.33. The molecule has 1 aliphatic heterocycles. The molecule has 0 bridgehead atoms. The average molecular weight is 305 g/mol. The van der Waals surface area contributed by atoms with Gasteiger partial charge in [-0.15, -0.1) is 11.8 Å². The number of rotatable bonds is 3. The van der Waals surface area contributed by atoms with Gasteiger partial charge in [0.15, 0.2) is 0 Å². The van der Waals surface area contributed by atoms with Crippen LogP contribution in [0.15, 0.2) is 4.47 Å². The second-order valence-corrected chi connectivity index (χ2v) is 6.20. The Morgan fingerprint density at radius 2 is 2.38 bits per heavy atom. The van der Waals surface area contributed by atoms with E-state index in [4.69, 9.17) is 4.74 Å². The van der Waals surface area contributed by atoms with Crippen molar-refractivity contribution in [2.24, 2.45) is 7.05 Å². The molecule has 2 heterocycles. The lowest BCUT2D eigenvalue weighted by Crippen LogP contribution is -2.14. The minimum Gasteiger partial charge on any atom is -0.377 e. The van der Waals surface area contributed by atoms with Crippen LogP contribution in [0.2, 0.25) is 0 Å². The predicted octanol–water partition coefficient (Wildman–Crippen LogP) is 2.90. The SMILES string of the molecule is Cc1nn(C)c(CSC2CCOC2C)c1Br. The molecule has 2 atom stereocenters. The van der Waals surface area contributed by atoms with Crippen LogP contribution >= 0.6 is 27.7 Å². The number of ether oxygens (including phenoxy) is 1. The van der Waals surface area contributed by atoms with E-state index in [-0.39, 0.29) is 0 Å². The fraction of sp³-hybridized carbons (Fsp3) is 0.727. The van der Waals surface area contributed by atoms with Gasteiger partial charge in [-0.2, -0.15) is 5.10 Å². The zero-order valence-corrected chi connectivity index (χ0v) is 12.3. The van der Waals surface area contributed by atoms with E-state index >= 15 is 0 Å². The van der Waals surface area contributed by atoms with Crippen molar-refractivity contribution in [3.8, 4) is 0 Å². The highest BCUT2D eigenvalue weighted by atomic mass is 79.9. The third-order valence-corrected chi connectivity index (χ3v) is 5.52. The second-order valence-electron chi connectivity index (χ2n) is 4.18. The third-order valence-electron chi connectivity index (χ3n) is 3.00. The Balaban J connectivity index is 1.99. The molecule has 0 spiro atoms. The van der Waals surface area contributed by atoms with Crippen LogP contribution in [-0.4, -0.2) is 27.7 Å². The van der Waals surface area contributed by atoms with E-state index in [0.717, 1.165) is 22.5 Å². The zero-order valence-electron chi connectivity index (χ0n) is 9.86. The van der Waals surface area contributed by atoms with Crippen molar-refractivity contribution in [2.75, 3.05) is 6.61 Å². The van der Waals surface area contributed by atoms with Crippen LogP contribution in [-0.2, 0) is 17.5 Å². The van der Waals surface area contributed by atoms with Gasteiger partial charge in [0, 0.05) is 24.7 Å². The van der Waals surface area contributed by atoms with Crippen molar-refractivity contribution < 1.29 is 4.74 Å². The van der Waals surface area contributed by atoms with Gasteiger partial charge >= 0.3 is 0 Å². The number of nitrogens with zero attached hydrogens (tertiary/aromatic N) is 2. The molecule has 0 amide bonds. The van der Waals surface area contributed by atoms with Crippen molar-refractivity contribution in [3.05, 3.63) is 15.9 Å². The van der Waals surface area contributed by atoms with Crippen LogP contribution in [0, 0.1) is 6.92 Å². The fourth-order valence-corrected chi connectivity index (χ4v) is 3.93. The molecule has 0 aliphatic carbocycles. The summed E-state index contributed by atoms with van der Waals surface area (Å²) in [6, 6.07) is 0. The van der Waals surface area contributed by atoms with Gasteiger partial charge in [0.2, 0.25) is 0 Å². The highest BCUT2D eigenvalue weighted by Gasteiger charge is 2.25. The van der Waals surface area contributed by atoms with Crippen molar-refractivity contribution >= 4 is 27.7 Å². The summed E-state index contributed by atoms with van der Waals surface area (Å²) >= 11 is 5.57. The standard InChI is InChI=1S/C11H17BrN2OS/c1-7-11(12)9(14(3)13-7)6-16-10-4-5-15-8(10)2/h8,10H,4-6H2,1-3H3. The van der Waals surface area contributed by atoms with Gasteiger partial charge in [-0.05, 0) is 36.2 Å². The topological polar surface area (TPSA) is 27.1 Å². The van der Waals surface area contributed by atoms with Crippen molar-refractivity contribution in [1.29, 1.82) is 0 Å². The lowest BCUT2D eigenvalue weighted by Gasteiger charge is -2.13. The molecule has 0 aromatic carbocycles. The molecular formula is C11H17BrN2OS. The molecule has 2 unspecified atom stereocenters. The maximum atomic E-state index is 5.56. The third kappa shape index (κ3) is 2.46. The van der Waals surface area contributed by atoms with Gasteiger partial charge < -0.3 is 4.74 Å². The van der Waals surface area contributed by atoms with Crippen LogP contribution in [0.1, 0.15) is 24.7 Å². The molecule has 0 saturated carbocycles. The first-order valence-electron chi connectivity index (χ1n) is 5.50. The van der Waals surface area contributed by atoms with Gasteiger partial charge in [-0.3, -0.25) is 4.68 Å². The fourth-order valence-electron chi connectivity index (χ4n) is 1.95. The van der Waals surface area contributed by atoms with Gasteiger partial charge in [0.1, 0.15) is 0 Å². The monoisotopic (exact) mass is 304 g/mol. The van der Waals surface area contributed by atoms with E-state index in [2.05, 4.69) is 28.0 Å². The van der Waals surface area contributed by atoms with Crippen molar-refractivity contribution in [1.82, 2.24) is 9.78 Å². The van der Waals surface area contributed by atoms with E-state index in [9.17, 15) is 0 Å². The first kappa shape index (κ1) is 12.5. The summed E-state index contributed by atoms with van der Waals surface area (Å²) < 4.78 is 8.68. The number of hydrogen-bond donors (Lipinski definition) is 0. The molecule has 90 valence electrons. The highest BCUT2D eigenvalue weighted by molar-refractivity contribution is 9.10. The number of hydrogen-bond acceptors (Lipinski definition) is 3. The summed E-state index contributed by atoms with van der Waals surface area (Å²) in [4.78, 5) is 0. The summed E-state index contributed by atoms with van der Waals surface area (Å²) in [5, 5.41) is 5.03. The molecule has 1 aromatic rings. The normalized spacial score (nSPS) is 25.2. The van der Waals surface area contributed by atoms with Crippen LogP contribution < -0.4 is 0 Å². The van der Waals surface area contributed by atoms with E-state index in [1.165, 1.54) is 12.1 Å². The maximum absolute atomic E-state index is 5.56. The molecule has 1 aromatic heterocycles. The first-order chi connectivity index (χ1) is 7.59. The number of halogens is 1. The smallest absolute Gasteiger partial charge is 0.0738 e. The average Bonchev–Trinajstić information content (AvgIpc) is 2.72. The Bertz CT molecular complexity index is 380. The van der Waals surface area contributed by atoms with Crippen LogP contribution in [0.3, 0.4) is 0 Å². The van der Waals surface area contributed by atoms with E-state index in [1.807, 2.05) is 30.4 Å². The number of aromatic nitrogens is 2. The molecule has 0 radical (unpaired) electrons. The summed E-state index contributed by atoms with van der Waals surface area (Å²) in [6.45, 7) is 5.10. The van der Waals surface area contributed by atoms with E-state index < -0.39 is 0 Å². The quantitative estimate of drug-likeness (QED) is 0.859. The predicted molar refractivity (Wildman–Crippen MR) is 70.8 cm³/mol. The minimum absolute atomic E-state index is 0.387. The molecule has 5 heteroatoms. The molecular weight excluding hydrogens is 288 g/mol. The first-order valence-corrected chi connectivity index (χ1v) is 7.35. The Kier molecular flexibility index (Phi) is 3.97. The molecule has 16 heavy (non-hydrogen) atoms. The van der Waals surface area contributed by atoms with Gasteiger partial charge in [-0.25, -0.2) is 0 Å². The van der Waals surface area contributed by atoms with Crippen LogP contribution in [0.5, 0.6) is 0 Å². The van der Waals surface area contributed by atoms with Gasteiger partial charge in [0.05, 0.1) is 22.0 Å². The Labute approximate surface area is 109 Å². The summed E-state index contributed by atoms with van der Waals surface area (Å²) in [5.74, 6) is 0.996. The van der Waals surface area contributed by atoms with Gasteiger partial charge in [0.25, 0.3) is 0 Å². The number of thioether (sulfide) groups is 1. The van der Waals surface area contributed by atoms with Crippen molar-refractivity contribution in [3.63, 3.8) is 0 Å². The van der Waals surface area contributed by atoms with Crippen LogP contribution in [0.4, 0.5) is 0 Å². The minimum atomic E-state index is 0.387. The lowest BCUT2D eigenvalue weighted by molar-refractivity contribution is 0.127. The lowest BCUT2D eigenvalue weighted by atomic mass is 10.3. The van der Waals surface area contributed by atoms with Crippen molar-refractivity contribution in [2.45, 2.75) is 37.4 Å².